The number of hydrogen-bond acceptors (Lipinski definition) is 6. The van der Waals surface area contributed by atoms with Crippen LogP contribution >= 0.6 is 0 Å². The zero-order valence-corrected chi connectivity index (χ0v) is 49.4. The van der Waals surface area contributed by atoms with Gasteiger partial charge in [-0.15, -0.1) is 0 Å². The molecule has 6 nitrogen and oxygen atoms in total. The summed E-state index contributed by atoms with van der Waals surface area (Å²) in [6.07, 6.45) is 74.8. The van der Waals surface area contributed by atoms with E-state index >= 15 is 0 Å². The van der Waals surface area contributed by atoms with E-state index in [1.807, 2.05) is 0 Å². The molecule has 0 N–H and O–H groups in total. The van der Waals surface area contributed by atoms with E-state index in [1.54, 1.807) is 0 Å². The van der Waals surface area contributed by atoms with Gasteiger partial charge in [-0.2, -0.15) is 0 Å². The molecular formula is C67H126O6. The third-order valence-electron chi connectivity index (χ3n) is 15.0. The van der Waals surface area contributed by atoms with E-state index < -0.39 is 6.10 Å². The van der Waals surface area contributed by atoms with Crippen molar-refractivity contribution in [2.24, 2.45) is 0 Å². The van der Waals surface area contributed by atoms with Crippen molar-refractivity contribution in [3.05, 3.63) is 24.3 Å². The Labute approximate surface area is 455 Å². The van der Waals surface area contributed by atoms with Gasteiger partial charge in [-0.25, -0.2) is 0 Å². The van der Waals surface area contributed by atoms with Gasteiger partial charge < -0.3 is 14.2 Å². The standard InChI is InChI=1S/C67H126O6/c1-4-7-10-13-16-19-22-24-26-28-30-31-32-33-34-35-37-38-40-42-45-48-51-54-57-60-66(69)72-63-64(62-71-65(68)59-56-53-50-47-44-21-18-15-12-9-6-3)73-67(70)61-58-55-52-49-46-43-41-39-36-29-27-25-23-20-17-14-11-8-5-2/h17,20,25,27,64H,4-16,18-19,21-24,26,28-63H2,1-3H3/b20-17-,27-25-. The molecule has 0 radical (unpaired) electrons. The van der Waals surface area contributed by atoms with Crippen molar-refractivity contribution in [2.75, 3.05) is 13.2 Å². The summed E-state index contributed by atoms with van der Waals surface area (Å²) in [5, 5.41) is 0. The van der Waals surface area contributed by atoms with Crippen LogP contribution in [0, 0.1) is 0 Å². The van der Waals surface area contributed by atoms with Crippen LogP contribution in [0.5, 0.6) is 0 Å². The number of hydrogen-bond donors (Lipinski definition) is 0. The van der Waals surface area contributed by atoms with E-state index in [0.29, 0.717) is 19.3 Å². The SMILES string of the molecule is CCCCC/C=C\C/C=C\CCCCCCCCCCCC(=O)OC(COC(=O)CCCCCCCCCCCCC)COC(=O)CCCCCCCCCCCCCCCCCCCCCCCCCCC. The average Bonchev–Trinajstić information content (AvgIpc) is 3.39. The predicted molar refractivity (Wildman–Crippen MR) is 316 cm³/mol. The monoisotopic (exact) mass is 1030 g/mol. The second-order valence-electron chi connectivity index (χ2n) is 22.4. The molecule has 0 aliphatic rings. The normalized spacial score (nSPS) is 12.1. The molecule has 0 aromatic rings. The summed E-state index contributed by atoms with van der Waals surface area (Å²) < 4.78 is 16.9. The first-order valence-electron chi connectivity index (χ1n) is 32.8. The Balaban J connectivity index is 4.19. The lowest BCUT2D eigenvalue weighted by molar-refractivity contribution is -0.167. The molecule has 0 aliphatic heterocycles. The first kappa shape index (κ1) is 70.9. The molecule has 0 spiro atoms. The van der Waals surface area contributed by atoms with Crippen molar-refractivity contribution in [1.82, 2.24) is 0 Å². The quantitative estimate of drug-likeness (QED) is 0.0261. The number of esters is 3. The highest BCUT2D eigenvalue weighted by Crippen LogP contribution is 2.18. The molecule has 0 heterocycles. The van der Waals surface area contributed by atoms with E-state index in [9.17, 15) is 14.4 Å². The van der Waals surface area contributed by atoms with Crippen molar-refractivity contribution < 1.29 is 28.6 Å². The molecule has 0 rings (SSSR count). The highest BCUT2D eigenvalue weighted by Gasteiger charge is 2.19. The van der Waals surface area contributed by atoms with Gasteiger partial charge >= 0.3 is 17.9 Å². The fourth-order valence-electron chi connectivity index (χ4n) is 10.0. The minimum atomic E-state index is -0.769. The summed E-state index contributed by atoms with van der Waals surface area (Å²) in [7, 11) is 0. The second-order valence-corrected chi connectivity index (χ2v) is 22.4. The molecule has 0 amide bonds. The largest absolute Gasteiger partial charge is 0.462 e. The van der Waals surface area contributed by atoms with Crippen LogP contribution in [-0.4, -0.2) is 37.2 Å². The maximum atomic E-state index is 12.9. The van der Waals surface area contributed by atoms with Crippen molar-refractivity contribution in [1.29, 1.82) is 0 Å². The van der Waals surface area contributed by atoms with Gasteiger partial charge in [0, 0.05) is 19.3 Å². The van der Waals surface area contributed by atoms with Gasteiger partial charge in [-0.3, -0.25) is 14.4 Å². The van der Waals surface area contributed by atoms with Crippen LogP contribution in [0.4, 0.5) is 0 Å². The predicted octanol–water partition coefficient (Wildman–Crippen LogP) is 22.2. The van der Waals surface area contributed by atoms with Crippen molar-refractivity contribution in [3.63, 3.8) is 0 Å². The highest BCUT2D eigenvalue weighted by atomic mass is 16.6. The summed E-state index contributed by atoms with van der Waals surface area (Å²) >= 11 is 0. The van der Waals surface area contributed by atoms with Crippen LogP contribution in [0.2, 0.25) is 0 Å². The summed E-state index contributed by atoms with van der Waals surface area (Å²) in [6, 6.07) is 0. The number of carbonyl (C=O) groups is 3. The summed E-state index contributed by atoms with van der Waals surface area (Å²) in [5.74, 6) is -0.845. The Morgan fingerprint density at radius 2 is 0.493 bits per heavy atom. The van der Waals surface area contributed by atoms with Gasteiger partial charge in [0.2, 0.25) is 0 Å². The summed E-state index contributed by atoms with van der Waals surface area (Å²) in [4.78, 5) is 38.3. The average molecular weight is 1030 g/mol. The Morgan fingerprint density at radius 1 is 0.274 bits per heavy atom. The summed E-state index contributed by atoms with van der Waals surface area (Å²) in [5.41, 5.74) is 0. The number of carbonyl (C=O) groups excluding carboxylic acids is 3. The number of allylic oxidation sites excluding steroid dienone is 4. The summed E-state index contributed by atoms with van der Waals surface area (Å²) in [6.45, 7) is 6.67. The van der Waals surface area contributed by atoms with Gasteiger partial charge in [-0.05, 0) is 51.4 Å². The van der Waals surface area contributed by atoms with Crippen molar-refractivity contribution in [2.45, 2.75) is 374 Å². The number of ether oxygens (including phenoxy) is 3. The Hall–Kier alpha value is -2.11. The molecule has 0 saturated carbocycles. The molecule has 0 saturated heterocycles. The molecular weight excluding hydrogens is 901 g/mol. The lowest BCUT2D eigenvalue weighted by atomic mass is 10.0. The molecule has 0 aromatic heterocycles. The first-order valence-corrected chi connectivity index (χ1v) is 32.8. The fraction of sp³-hybridized carbons (Fsp3) is 0.896. The molecule has 0 bridgehead atoms. The minimum Gasteiger partial charge on any atom is -0.462 e. The van der Waals surface area contributed by atoms with Gasteiger partial charge in [0.1, 0.15) is 13.2 Å². The van der Waals surface area contributed by atoms with E-state index in [2.05, 4.69) is 45.1 Å². The molecule has 6 heteroatoms. The number of unbranched alkanes of at least 4 members (excludes halogenated alkanes) is 46. The lowest BCUT2D eigenvalue weighted by Crippen LogP contribution is -2.30. The number of rotatable bonds is 61. The van der Waals surface area contributed by atoms with Gasteiger partial charge in [0.15, 0.2) is 6.10 Å². The van der Waals surface area contributed by atoms with Crippen LogP contribution in [-0.2, 0) is 28.6 Å². The highest BCUT2D eigenvalue weighted by molar-refractivity contribution is 5.71. The maximum Gasteiger partial charge on any atom is 0.306 e. The van der Waals surface area contributed by atoms with Gasteiger partial charge in [-0.1, -0.05) is 321 Å². The van der Waals surface area contributed by atoms with Crippen LogP contribution in [0.3, 0.4) is 0 Å². The lowest BCUT2D eigenvalue weighted by Gasteiger charge is -2.18. The smallest absolute Gasteiger partial charge is 0.306 e. The Bertz CT molecular complexity index is 1180. The van der Waals surface area contributed by atoms with E-state index in [-0.39, 0.29) is 31.1 Å². The first-order chi connectivity index (χ1) is 36.0. The zero-order valence-electron chi connectivity index (χ0n) is 49.4. The van der Waals surface area contributed by atoms with Crippen molar-refractivity contribution >= 4 is 17.9 Å². The third kappa shape index (κ3) is 60.6. The Morgan fingerprint density at radius 3 is 0.781 bits per heavy atom. The minimum absolute atomic E-state index is 0.0669. The zero-order chi connectivity index (χ0) is 52.9. The van der Waals surface area contributed by atoms with E-state index in [4.69, 9.17) is 14.2 Å². The topological polar surface area (TPSA) is 78.9 Å². The molecule has 1 unspecified atom stereocenters. The van der Waals surface area contributed by atoms with Crippen LogP contribution in [0.1, 0.15) is 367 Å². The molecule has 0 aromatic carbocycles. The molecule has 73 heavy (non-hydrogen) atoms. The van der Waals surface area contributed by atoms with Crippen molar-refractivity contribution in [3.8, 4) is 0 Å². The third-order valence-corrected chi connectivity index (χ3v) is 15.0. The van der Waals surface area contributed by atoms with Gasteiger partial charge in [0.25, 0.3) is 0 Å². The van der Waals surface area contributed by atoms with Gasteiger partial charge in [0.05, 0.1) is 0 Å². The fourth-order valence-corrected chi connectivity index (χ4v) is 10.0. The van der Waals surface area contributed by atoms with Crippen LogP contribution in [0.15, 0.2) is 24.3 Å². The van der Waals surface area contributed by atoms with Crippen LogP contribution in [0.25, 0.3) is 0 Å². The van der Waals surface area contributed by atoms with Crippen LogP contribution < -0.4 is 0 Å². The molecule has 0 fully saturated rings. The maximum absolute atomic E-state index is 12.9. The van der Waals surface area contributed by atoms with E-state index in [0.717, 1.165) is 64.2 Å². The molecule has 430 valence electrons. The second kappa shape index (κ2) is 62.4. The van der Waals surface area contributed by atoms with E-state index in [1.165, 1.54) is 263 Å². The Kier molecular flexibility index (Phi) is 60.6. The molecule has 1 atom stereocenters. The molecule has 0 aliphatic carbocycles.